The Morgan fingerprint density at radius 1 is 1.35 bits per heavy atom. The van der Waals surface area contributed by atoms with Crippen LogP contribution in [-0.2, 0) is 0 Å². The highest BCUT2D eigenvalue weighted by Crippen LogP contribution is 2.32. The molecule has 0 radical (unpaired) electrons. The van der Waals surface area contributed by atoms with Crippen LogP contribution in [0.5, 0.6) is 0 Å². The molecule has 110 valence electrons. The monoisotopic (exact) mass is 276 g/mol. The van der Waals surface area contributed by atoms with E-state index in [1.807, 2.05) is 13.0 Å². The van der Waals surface area contributed by atoms with Crippen LogP contribution in [0.4, 0.5) is 11.4 Å². The summed E-state index contributed by atoms with van der Waals surface area (Å²) < 4.78 is 0. The molecule has 4 heteroatoms. The number of nitrogens with two attached hydrogens (primary N) is 1. The third kappa shape index (κ3) is 3.06. The van der Waals surface area contributed by atoms with Crippen LogP contribution in [0.1, 0.15) is 49.0 Å². The Morgan fingerprint density at radius 3 is 2.65 bits per heavy atom. The molecule has 2 rings (SSSR count). The van der Waals surface area contributed by atoms with Crippen molar-refractivity contribution in [3.8, 4) is 0 Å². The van der Waals surface area contributed by atoms with E-state index in [4.69, 9.17) is 5.73 Å². The molecule has 0 aliphatic heterocycles. The largest absolute Gasteiger partial charge is 0.478 e. The van der Waals surface area contributed by atoms with Gasteiger partial charge in [0.15, 0.2) is 0 Å². The minimum Gasteiger partial charge on any atom is -0.478 e. The Labute approximate surface area is 120 Å². The summed E-state index contributed by atoms with van der Waals surface area (Å²) in [5.41, 5.74) is 8.03. The van der Waals surface area contributed by atoms with Crippen molar-refractivity contribution in [3.05, 3.63) is 23.3 Å². The second-order valence-electron chi connectivity index (χ2n) is 6.21. The summed E-state index contributed by atoms with van der Waals surface area (Å²) in [7, 11) is 0. The summed E-state index contributed by atoms with van der Waals surface area (Å²) >= 11 is 0. The number of anilines is 2. The van der Waals surface area contributed by atoms with E-state index in [-0.39, 0.29) is 5.56 Å². The van der Waals surface area contributed by atoms with Crippen LogP contribution >= 0.6 is 0 Å². The quantitative estimate of drug-likeness (QED) is 0.738. The second-order valence-corrected chi connectivity index (χ2v) is 6.21. The number of carboxylic acid groups (broad SMARTS) is 1. The molecule has 1 aliphatic carbocycles. The van der Waals surface area contributed by atoms with Gasteiger partial charge in [0.05, 0.1) is 5.56 Å². The SMILES string of the molecule is Cc1cc(NC2CCC(C)CC2C)cc(C(=O)O)c1N. The molecule has 0 heterocycles. The van der Waals surface area contributed by atoms with Gasteiger partial charge in [0.1, 0.15) is 0 Å². The van der Waals surface area contributed by atoms with Crippen molar-refractivity contribution in [3.63, 3.8) is 0 Å². The molecule has 0 amide bonds. The molecule has 1 aromatic carbocycles. The van der Waals surface area contributed by atoms with Crippen molar-refractivity contribution in [1.82, 2.24) is 0 Å². The van der Waals surface area contributed by atoms with Crippen LogP contribution in [0.25, 0.3) is 0 Å². The number of hydrogen-bond donors (Lipinski definition) is 3. The summed E-state index contributed by atoms with van der Waals surface area (Å²) in [5, 5.41) is 12.7. The number of carbonyl (C=O) groups is 1. The number of hydrogen-bond acceptors (Lipinski definition) is 3. The predicted molar refractivity (Wildman–Crippen MR) is 82.1 cm³/mol. The molecule has 0 aromatic heterocycles. The lowest BCUT2D eigenvalue weighted by Gasteiger charge is -2.34. The van der Waals surface area contributed by atoms with Gasteiger partial charge in [0, 0.05) is 17.4 Å². The minimum absolute atomic E-state index is 0.185. The molecule has 4 nitrogen and oxygen atoms in total. The molecule has 0 spiro atoms. The lowest BCUT2D eigenvalue weighted by Crippen LogP contribution is -2.33. The lowest BCUT2D eigenvalue weighted by atomic mass is 9.80. The highest BCUT2D eigenvalue weighted by molar-refractivity contribution is 5.95. The highest BCUT2D eigenvalue weighted by Gasteiger charge is 2.25. The maximum Gasteiger partial charge on any atom is 0.337 e. The number of nitrogen functional groups attached to an aromatic ring is 1. The zero-order valence-corrected chi connectivity index (χ0v) is 12.4. The van der Waals surface area contributed by atoms with Crippen LogP contribution in [0.3, 0.4) is 0 Å². The molecule has 1 aliphatic rings. The first-order valence-corrected chi connectivity index (χ1v) is 7.28. The Morgan fingerprint density at radius 2 is 2.05 bits per heavy atom. The topological polar surface area (TPSA) is 75.3 Å². The van der Waals surface area contributed by atoms with E-state index in [0.717, 1.165) is 23.6 Å². The fraction of sp³-hybridized carbons (Fsp3) is 0.562. The highest BCUT2D eigenvalue weighted by atomic mass is 16.4. The maximum atomic E-state index is 11.2. The van der Waals surface area contributed by atoms with Gasteiger partial charge in [-0.3, -0.25) is 0 Å². The number of aromatic carboxylic acids is 1. The van der Waals surface area contributed by atoms with E-state index >= 15 is 0 Å². The van der Waals surface area contributed by atoms with E-state index in [1.54, 1.807) is 6.07 Å². The van der Waals surface area contributed by atoms with E-state index in [9.17, 15) is 9.90 Å². The van der Waals surface area contributed by atoms with Crippen molar-refractivity contribution in [1.29, 1.82) is 0 Å². The third-order valence-electron chi connectivity index (χ3n) is 4.40. The number of carboxylic acids is 1. The van der Waals surface area contributed by atoms with Gasteiger partial charge in [-0.15, -0.1) is 0 Å². The maximum absolute atomic E-state index is 11.2. The lowest BCUT2D eigenvalue weighted by molar-refractivity contribution is 0.0698. The summed E-state index contributed by atoms with van der Waals surface area (Å²) in [5.74, 6) is 0.412. The van der Waals surface area contributed by atoms with Gasteiger partial charge in [-0.2, -0.15) is 0 Å². The van der Waals surface area contributed by atoms with Crippen LogP contribution in [0.15, 0.2) is 12.1 Å². The van der Waals surface area contributed by atoms with Gasteiger partial charge < -0.3 is 16.2 Å². The minimum atomic E-state index is -0.973. The van der Waals surface area contributed by atoms with Crippen molar-refractivity contribution in [2.75, 3.05) is 11.1 Å². The van der Waals surface area contributed by atoms with Crippen LogP contribution in [-0.4, -0.2) is 17.1 Å². The molecule has 4 N–H and O–H groups in total. The number of nitrogens with one attached hydrogen (secondary N) is 1. The summed E-state index contributed by atoms with van der Waals surface area (Å²) in [4.78, 5) is 11.2. The Hall–Kier alpha value is -1.71. The summed E-state index contributed by atoms with van der Waals surface area (Å²) in [6, 6.07) is 4.00. The summed E-state index contributed by atoms with van der Waals surface area (Å²) in [6.07, 6.45) is 3.58. The van der Waals surface area contributed by atoms with Crippen molar-refractivity contribution in [2.24, 2.45) is 11.8 Å². The van der Waals surface area contributed by atoms with Crippen LogP contribution in [0.2, 0.25) is 0 Å². The van der Waals surface area contributed by atoms with Gasteiger partial charge in [-0.1, -0.05) is 13.8 Å². The predicted octanol–water partition coefficient (Wildman–Crippen LogP) is 3.51. The normalized spacial score (nSPS) is 26.2. The van der Waals surface area contributed by atoms with E-state index in [2.05, 4.69) is 19.2 Å². The zero-order valence-electron chi connectivity index (χ0n) is 12.4. The first-order valence-electron chi connectivity index (χ1n) is 7.28. The Kier molecular flexibility index (Phi) is 4.21. The molecule has 0 bridgehead atoms. The summed E-state index contributed by atoms with van der Waals surface area (Å²) in [6.45, 7) is 6.40. The Balaban J connectivity index is 2.19. The molecule has 20 heavy (non-hydrogen) atoms. The Bertz CT molecular complexity index is 513. The molecule has 1 saturated carbocycles. The molecule has 3 atom stereocenters. The fourth-order valence-electron chi connectivity index (χ4n) is 3.15. The van der Waals surface area contributed by atoms with Crippen LogP contribution in [0, 0.1) is 18.8 Å². The molecular formula is C16H24N2O2. The molecule has 3 unspecified atom stereocenters. The number of rotatable bonds is 3. The number of aryl methyl sites for hydroxylation is 1. The molecule has 1 aromatic rings. The average molecular weight is 276 g/mol. The fourth-order valence-corrected chi connectivity index (χ4v) is 3.15. The smallest absolute Gasteiger partial charge is 0.337 e. The zero-order chi connectivity index (χ0) is 14.9. The first kappa shape index (κ1) is 14.7. The molecular weight excluding hydrogens is 252 g/mol. The van der Waals surface area contributed by atoms with Gasteiger partial charge >= 0.3 is 5.97 Å². The third-order valence-corrected chi connectivity index (χ3v) is 4.40. The van der Waals surface area contributed by atoms with Gasteiger partial charge in [0.25, 0.3) is 0 Å². The molecule has 1 fully saturated rings. The number of benzene rings is 1. The van der Waals surface area contributed by atoms with E-state index < -0.39 is 5.97 Å². The van der Waals surface area contributed by atoms with E-state index in [1.165, 1.54) is 12.8 Å². The van der Waals surface area contributed by atoms with Gasteiger partial charge in [0.2, 0.25) is 0 Å². The standard InChI is InChI=1S/C16H24N2O2/c1-9-4-5-14(10(2)6-9)18-12-7-11(3)15(17)13(8-12)16(19)20/h7-10,14,18H,4-6,17H2,1-3H3,(H,19,20). The van der Waals surface area contributed by atoms with Crippen molar-refractivity contribution in [2.45, 2.75) is 46.1 Å². The van der Waals surface area contributed by atoms with E-state index in [0.29, 0.717) is 17.6 Å². The molecule has 0 saturated heterocycles. The van der Waals surface area contributed by atoms with Gasteiger partial charge in [-0.05, 0) is 55.7 Å². The van der Waals surface area contributed by atoms with Crippen LogP contribution < -0.4 is 11.1 Å². The van der Waals surface area contributed by atoms with Crippen molar-refractivity contribution < 1.29 is 9.90 Å². The second kappa shape index (κ2) is 5.73. The first-order chi connectivity index (χ1) is 9.38. The van der Waals surface area contributed by atoms with Crippen molar-refractivity contribution >= 4 is 17.3 Å². The van der Waals surface area contributed by atoms with Gasteiger partial charge in [-0.25, -0.2) is 4.79 Å². The average Bonchev–Trinajstić information content (AvgIpc) is 2.36.